The first-order valence-electron chi connectivity index (χ1n) is 11.6. The molecule has 228 valence electrons. The van der Waals surface area contributed by atoms with Gasteiger partial charge in [-0.3, -0.25) is 9.78 Å². The van der Waals surface area contributed by atoms with Crippen LogP contribution in [0.25, 0.3) is 11.4 Å². The number of anilines is 1. The van der Waals surface area contributed by atoms with Gasteiger partial charge in [0.15, 0.2) is 5.69 Å². The lowest BCUT2D eigenvalue weighted by Gasteiger charge is -2.19. The van der Waals surface area contributed by atoms with E-state index in [4.69, 9.17) is 24.5 Å². The average Bonchev–Trinajstić information content (AvgIpc) is 3.37. The van der Waals surface area contributed by atoms with Crippen molar-refractivity contribution in [3.63, 3.8) is 0 Å². The number of methoxy groups -OCH3 is 1. The summed E-state index contributed by atoms with van der Waals surface area (Å²) in [6.07, 6.45) is -4.12. The predicted octanol–water partition coefficient (Wildman–Crippen LogP) is 2.55. The van der Waals surface area contributed by atoms with Gasteiger partial charge in [0.1, 0.15) is 5.69 Å². The lowest BCUT2D eigenvalue weighted by Crippen LogP contribution is -2.28. The summed E-state index contributed by atoms with van der Waals surface area (Å²) in [7, 11) is 1.59. The fraction of sp³-hybridized carbons (Fsp3) is 0.348. The summed E-state index contributed by atoms with van der Waals surface area (Å²) in [5.74, 6) is -5.26. The van der Waals surface area contributed by atoms with Crippen LogP contribution in [0, 0.1) is 0 Å². The van der Waals surface area contributed by atoms with Crippen LogP contribution < -0.4 is 10.6 Å². The summed E-state index contributed by atoms with van der Waals surface area (Å²) < 4.78 is 70.4. The molecule has 13 nitrogen and oxygen atoms in total. The Labute approximate surface area is 232 Å². The van der Waals surface area contributed by atoms with Gasteiger partial charge in [0, 0.05) is 38.2 Å². The minimum Gasteiger partial charge on any atom is -0.475 e. The van der Waals surface area contributed by atoms with Crippen LogP contribution in [0.15, 0.2) is 36.9 Å². The number of nitrogens with one attached hydrogen (secondary N) is 2. The summed E-state index contributed by atoms with van der Waals surface area (Å²) in [6.45, 7) is 2.13. The van der Waals surface area contributed by atoms with Gasteiger partial charge in [-0.2, -0.15) is 26.3 Å². The smallest absolute Gasteiger partial charge is 0.475 e. The lowest BCUT2D eigenvalue weighted by atomic mass is 10.0. The Morgan fingerprint density at radius 3 is 2.21 bits per heavy atom. The van der Waals surface area contributed by atoms with Crippen molar-refractivity contribution < 1.29 is 55.7 Å². The molecule has 0 aliphatic carbocycles. The second-order valence-corrected chi connectivity index (χ2v) is 7.98. The SMILES string of the molecule is COCCNC(=O)c1ncn2c1-c1nc(NCc3ccccn3)ncc1CC2.O=C(O)C(F)(F)F.O=C(O)C(F)(F)F. The van der Waals surface area contributed by atoms with Crippen LogP contribution in [0.4, 0.5) is 32.3 Å². The third-order valence-electron chi connectivity index (χ3n) is 4.99. The Hall–Kier alpha value is -4.81. The van der Waals surface area contributed by atoms with Crippen molar-refractivity contribution in [2.45, 2.75) is 31.9 Å². The van der Waals surface area contributed by atoms with Crippen LogP contribution >= 0.6 is 0 Å². The molecular formula is C23H23F6N7O6. The number of hydrogen-bond acceptors (Lipinski definition) is 9. The number of pyridine rings is 1. The Kier molecular flexibility index (Phi) is 11.7. The largest absolute Gasteiger partial charge is 0.490 e. The first-order chi connectivity index (χ1) is 19.6. The first kappa shape index (κ1) is 33.4. The molecule has 42 heavy (non-hydrogen) atoms. The number of nitrogens with zero attached hydrogens (tertiary/aromatic N) is 5. The number of alkyl halides is 6. The maximum Gasteiger partial charge on any atom is 0.490 e. The normalized spacial score (nSPS) is 11.9. The van der Waals surface area contributed by atoms with Gasteiger partial charge < -0.3 is 30.2 Å². The minimum absolute atomic E-state index is 0.236. The fourth-order valence-corrected chi connectivity index (χ4v) is 3.11. The second kappa shape index (κ2) is 14.7. The zero-order chi connectivity index (χ0) is 31.5. The van der Waals surface area contributed by atoms with Crippen molar-refractivity contribution >= 4 is 23.8 Å². The number of fused-ring (bicyclic) bond motifs is 3. The highest BCUT2D eigenvalue weighted by Gasteiger charge is 2.38. The molecule has 1 aliphatic rings. The molecule has 0 aromatic carbocycles. The van der Waals surface area contributed by atoms with E-state index in [0.717, 1.165) is 35.6 Å². The molecule has 4 N–H and O–H groups in total. The summed E-state index contributed by atoms with van der Waals surface area (Å²) in [4.78, 5) is 48.0. The van der Waals surface area contributed by atoms with Gasteiger partial charge in [-0.15, -0.1) is 0 Å². The van der Waals surface area contributed by atoms with Crippen LogP contribution in [-0.2, 0) is 33.8 Å². The van der Waals surface area contributed by atoms with Crippen molar-refractivity contribution in [3.8, 4) is 11.4 Å². The lowest BCUT2D eigenvalue weighted by molar-refractivity contribution is -0.193. The standard InChI is InChI=1S/C19H21N7O2.2C2HF3O2/c1-28-9-7-21-18(27)16-17-15-13(5-8-26(17)12-24-16)10-22-19(25-15)23-11-14-4-2-3-6-20-14;2*3-2(4,5)1(6)7/h2-4,6,10,12H,5,7-9,11H2,1H3,(H,21,27)(H,22,23,25);2*(H,6,7). The Morgan fingerprint density at radius 2 is 1.67 bits per heavy atom. The van der Waals surface area contributed by atoms with Crippen molar-refractivity contribution in [1.82, 2.24) is 29.8 Å². The predicted molar refractivity (Wildman–Crippen MR) is 130 cm³/mol. The van der Waals surface area contributed by atoms with Gasteiger partial charge in [0.2, 0.25) is 5.95 Å². The molecular weight excluding hydrogens is 584 g/mol. The molecule has 0 bridgehead atoms. The quantitative estimate of drug-likeness (QED) is 0.229. The number of aromatic nitrogens is 5. The molecule has 1 aliphatic heterocycles. The minimum atomic E-state index is -5.08. The molecule has 0 unspecified atom stereocenters. The van der Waals surface area contributed by atoms with Crippen LogP contribution in [-0.4, -0.2) is 85.2 Å². The van der Waals surface area contributed by atoms with E-state index in [9.17, 15) is 31.1 Å². The van der Waals surface area contributed by atoms with Crippen LogP contribution in [0.3, 0.4) is 0 Å². The molecule has 3 aromatic rings. The number of amides is 1. The third kappa shape index (κ3) is 9.98. The topological polar surface area (TPSA) is 181 Å². The number of carboxylic acids is 2. The van der Waals surface area contributed by atoms with Crippen LogP contribution in [0.1, 0.15) is 21.7 Å². The van der Waals surface area contributed by atoms with Gasteiger partial charge >= 0.3 is 24.3 Å². The zero-order valence-electron chi connectivity index (χ0n) is 21.5. The second-order valence-electron chi connectivity index (χ2n) is 7.98. The number of hydrogen-bond donors (Lipinski definition) is 4. The van der Waals surface area contributed by atoms with Gasteiger partial charge in [-0.1, -0.05) is 6.07 Å². The number of carbonyl (C=O) groups is 3. The number of aryl methyl sites for hydroxylation is 2. The first-order valence-corrected chi connectivity index (χ1v) is 11.6. The number of ether oxygens (including phenoxy) is 1. The van der Waals surface area contributed by atoms with Crippen molar-refractivity contribution in [2.75, 3.05) is 25.6 Å². The zero-order valence-corrected chi connectivity index (χ0v) is 21.5. The molecule has 4 heterocycles. The van der Waals surface area contributed by atoms with E-state index in [1.165, 1.54) is 0 Å². The summed E-state index contributed by atoms with van der Waals surface area (Å²) >= 11 is 0. The number of imidazole rings is 1. The Morgan fingerprint density at radius 1 is 1.02 bits per heavy atom. The summed E-state index contributed by atoms with van der Waals surface area (Å²) in [5.41, 5.74) is 3.72. The van der Waals surface area contributed by atoms with Gasteiger partial charge in [0.05, 0.1) is 30.9 Å². The van der Waals surface area contributed by atoms with E-state index in [0.29, 0.717) is 31.3 Å². The number of halogens is 6. The maximum atomic E-state index is 12.5. The average molecular weight is 607 g/mol. The molecule has 1 amide bonds. The van der Waals surface area contributed by atoms with E-state index in [-0.39, 0.29) is 5.91 Å². The van der Waals surface area contributed by atoms with Crippen LogP contribution in [0.2, 0.25) is 0 Å². The third-order valence-corrected chi connectivity index (χ3v) is 4.99. The fourth-order valence-electron chi connectivity index (χ4n) is 3.11. The number of rotatable bonds is 7. The van der Waals surface area contributed by atoms with E-state index in [2.05, 4.69) is 30.6 Å². The molecule has 0 saturated carbocycles. The molecule has 3 aromatic heterocycles. The molecule has 19 heteroatoms. The van der Waals surface area contributed by atoms with E-state index in [1.807, 2.05) is 29.0 Å². The monoisotopic (exact) mass is 607 g/mol. The van der Waals surface area contributed by atoms with Gasteiger partial charge in [-0.05, 0) is 18.6 Å². The molecule has 4 rings (SSSR count). The van der Waals surface area contributed by atoms with Crippen molar-refractivity contribution in [3.05, 3.63) is 53.9 Å². The highest BCUT2D eigenvalue weighted by atomic mass is 19.4. The highest BCUT2D eigenvalue weighted by molar-refractivity contribution is 5.98. The Bertz CT molecular complexity index is 1340. The number of carbonyl (C=O) groups excluding carboxylic acids is 1. The number of aliphatic carboxylic acids is 2. The van der Waals surface area contributed by atoms with Gasteiger partial charge in [-0.25, -0.2) is 24.5 Å². The van der Waals surface area contributed by atoms with E-state index < -0.39 is 24.3 Å². The van der Waals surface area contributed by atoms with E-state index >= 15 is 0 Å². The van der Waals surface area contributed by atoms with Gasteiger partial charge in [0.25, 0.3) is 5.91 Å². The molecule has 0 atom stereocenters. The molecule has 0 saturated heterocycles. The molecule has 0 spiro atoms. The Balaban J connectivity index is 0.000000367. The van der Waals surface area contributed by atoms with Crippen LogP contribution in [0.5, 0.6) is 0 Å². The molecule has 0 radical (unpaired) electrons. The molecule has 0 fully saturated rings. The number of carboxylic acid groups (broad SMARTS) is 2. The highest BCUT2D eigenvalue weighted by Crippen LogP contribution is 2.30. The van der Waals surface area contributed by atoms with Crippen molar-refractivity contribution in [2.24, 2.45) is 0 Å². The summed E-state index contributed by atoms with van der Waals surface area (Å²) in [6, 6.07) is 5.74. The summed E-state index contributed by atoms with van der Waals surface area (Å²) in [5, 5.41) is 20.3. The maximum absolute atomic E-state index is 12.5. The van der Waals surface area contributed by atoms with Crippen molar-refractivity contribution in [1.29, 1.82) is 0 Å². The van der Waals surface area contributed by atoms with E-state index in [1.54, 1.807) is 19.6 Å².